The highest BCUT2D eigenvalue weighted by atomic mass is 19.2. The van der Waals surface area contributed by atoms with Gasteiger partial charge in [-0.25, -0.2) is 13.8 Å². The highest BCUT2D eigenvalue weighted by Crippen LogP contribution is 2.36. The number of benzene rings is 1. The Balaban J connectivity index is 1.39. The van der Waals surface area contributed by atoms with Crippen LogP contribution in [0.3, 0.4) is 0 Å². The van der Waals surface area contributed by atoms with E-state index < -0.39 is 11.6 Å². The third-order valence-corrected chi connectivity index (χ3v) is 6.00. The van der Waals surface area contributed by atoms with Gasteiger partial charge in [0, 0.05) is 43.9 Å². The standard InChI is InChI=1S/C22H21F2N3O2/c1-13-18(25-22(29-13)16-4-2-5-17(23)21(16)24)12-26-9-14-8-15(11-26)19-6-3-7-20(28)27(19)10-14/h2-7,14-15H,8-12H2,1H3. The fourth-order valence-corrected chi connectivity index (χ4v) is 4.70. The highest BCUT2D eigenvalue weighted by Gasteiger charge is 2.35. The molecule has 5 rings (SSSR count). The highest BCUT2D eigenvalue weighted by molar-refractivity contribution is 5.54. The van der Waals surface area contributed by atoms with Gasteiger partial charge in [0.05, 0.1) is 11.3 Å². The fraction of sp³-hybridized carbons (Fsp3) is 0.364. The molecule has 2 aliphatic rings. The van der Waals surface area contributed by atoms with Gasteiger partial charge in [-0.3, -0.25) is 9.69 Å². The largest absolute Gasteiger partial charge is 0.441 e. The first kappa shape index (κ1) is 18.2. The van der Waals surface area contributed by atoms with E-state index in [0.717, 1.165) is 43.5 Å². The molecule has 0 amide bonds. The van der Waals surface area contributed by atoms with Gasteiger partial charge in [-0.1, -0.05) is 12.1 Å². The molecule has 0 aliphatic carbocycles. The van der Waals surface area contributed by atoms with Gasteiger partial charge in [-0.05, 0) is 37.5 Å². The van der Waals surface area contributed by atoms with Gasteiger partial charge in [0.2, 0.25) is 5.89 Å². The maximum Gasteiger partial charge on any atom is 0.250 e. The number of halogens is 2. The summed E-state index contributed by atoms with van der Waals surface area (Å²) in [7, 11) is 0. The van der Waals surface area contributed by atoms with Crippen LogP contribution in [0.25, 0.3) is 11.5 Å². The first-order chi connectivity index (χ1) is 14.0. The van der Waals surface area contributed by atoms with Crippen LogP contribution in [0.15, 0.2) is 45.6 Å². The second-order valence-electron chi connectivity index (χ2n) is 8.02. The van der Waals surface area contributed by atoms with Crippen molar-refractivity contribution in [3.8, 4) is 11.5 Å². The number of aryl methyl sites for hydroxylation is 1. The van der Waals surface area contributed by atoms with Crippen LogP contribution in [0, 0.1) is 24.5 Å². The predicted octanol–water partition coefficient (Wildman–Crippen LogP) is 3.71. The molecule has 0 radical (unpaired) electrons. The van der Waals surface area contributed by atoms with Crippen LogP contribution in [0.2, 0.25) is 0 Å². The van der Waals surface area contributed by atoms with Crippen molar-refractivity contribution >= 4 is 0 Å². The topological polar surface area (TPSA) is 51.3 Å². The predicted molar refractivity (Wildman–Crippen MR) is 103 cm³/mol. The maximum absolute atomic E-state index is 14.1. The first-order valence-corrected chi connectivity index (χ1v) is 9.82. The quantitative estimate of drug-likeness (QED) is 0.676. The number of likely N-dealkylation sites (tertiary alicyclic amines) is 1. The zero-order chi connectivity index (χ0) is 20.1. The number of piperidine rings is 1. The first-order valence-electron chi connectivity index (χ1n) is 9.82. The van der Waals surface area contributed by atoms with Crippen LogP contribution >= 0.6 is 0 Å². The Morgan fingerprint density at radius 3 is 2.83 bits per heavy atom. The molecule has 2 atom stereocenters. The monoisotopic (exact) mass is 397 g/mol. The molecular weight excluding hydrogens is 376 g/mol. The molecular formula is C22H21F2N3O2. The van der Waals surface area contributed by atoms with Gasteiger partial charge in [-0.15, -0.1) is 0 Å². The molecule has 2 unspecified atom stereocenters. The zero-order valence-corrected chi connectivity index (χ0v) is 16.1. The molecule has 1 saturated heterocycles. The van der Waals surface area contributed by atoms with Crippen molar-refractivity contribution < 1.29 is 13.2 Å². The normalized spacial score (nSPS) is 21.2. The number of oxazole rings is 1. The smallest absolute Gasteiger partial charge is 0.250 e. The lowest BCUT2D eigenvalue weighted by Crippen LogP contribution is -2.46. The Kier molecular flexibility index (Phi) is 4.35. The molecule has 7 heteroatoms. The number of hydrogen-bond acceptors (Lipinski definition) is 4. The molecule has 1 aromatic carbocycles. The van der Waals surface area contributed by atoms with Crippen molar-refractivity contribution in [2.45, 2.75) is 32.4 Å². The minimum absolute atomic E-state index is 0.0307. The number of hydrogen-bond donors (Lipinski definition) is 0. The number of aromatic nitrogens is 2. The molecule has 2 aromatic heterocycles. The maximum atomic E-state index is 14.1. The lowest BCUT2D eigenvalue weighted by molar-refractivity contribution is 0.113. The number of nitrogens with zero attached hydrogens (tertiary/aromatic N) is 3. The summed E-state index contributed by atoms with van der Waals surface area (Å²) >= 11 is 0. The number of rotatable bonds is 3. The van der Waals surface area contributed by atoms with Gasteiger partial charge >= 0.3 is 0 Å². The summed E-state index contributed by atoms with van der Waals surface area (Å²) in [4.78, 5) is 18.9. The Labute approximate surface area is 166 Å². The van der Waals surface area contributed by atoms with Crippen LogP contribution in [0.1, 0.15) is 29.5 Å². The van der Waals surface area contributed by atoms with E-state index in [-0.39, 0.29) is 17.0 Å². The van der Waals surface area contributed by atoms with Crippen LogP contribution in [0.5, 0.6) is 0 Å². The van der Waals surface area contributed by atoms with E-state index in [1.165, 1.54) is 12.1 Å². The minimum atomic E-state index is -0.949. The van der Waals surface area contributed by atoms with Crippen molar-refractivity contribution in [2.24, 2.45) is 5.92 Å². The second kappa shape index (κ2) is 6.91. The van der Waals surface area contributed by atoms with E-state index >= 15 is 0 Å². The van der Waals surface area contributed by atoms with Crippen molar-refractivity contribution in [1.82, 2.24) is 14.5 Å². The lowest BCUT2D eigenvalue weighted by Gasteiger charge is -2.42. The van der Waals surface area contributed by atoms with Gasteiger partial charge in [0.25, 0.3) is 5.56 Å². The number of pyridine rings is 1. The van der Waals surface area contributed by atoms with E-state index in [1.54, 1.807) is 13.0 Å². The van der Waals surface area contributed by atoms with E-state index in [2.05, 4.69) is 9.88 Å². The molecule has 0 saturated carbocycles. The zero-order valence-electron chi connectivity index (χ0n) is 16.1. The molecule has 5 nitrogen and oxygen atoms in total. The average Bonchev–Trinajstić information content (AvgIpc) is 3.05. The third-order valence-electron chi connectivity index (χ3n) is 6.00. The van der Waals surface area contributed by atoms with Gasteiger partial charge in [0.15, 0.2) is 11.6 Å². The number of fused-ring (bicyclic) bond motifs is 4. The van der Waals surface area contributed by atoms with Gasteiger partial charge < -0.3 is 8.98 Å². The Hall–Kier alpha value is -2.80. The Morgan fingerprint density at radius 2 is 1.97 bits per heavy atom. The molecule has 29 heavy (non-hydrogen) atoms. The molecule has 150 valence electrons. The Morgan fingerprint density at radius 1 is 1.14 bits per heavy atom. The molecule has 3 aromatic rings. The molecule has 1 fully saturated rings. The average molecular weight is 397 g/mol. The summed E-state index contributed by atoms with van der Waals surface area (Å²) in [6.07, 6.45) is 1.08. The summed E-state index contributed by atoms with van der Waals surface area (Å²) < 4.78 is 35.2. The SMILES string of the molecule is Cc1oc(-c2cccc(F)c2F)nc1CN1CC2CC(C1)c1cccc(=O)n1C2. The van der Waals surface area contributed by atoms with Crippen LogP contribution in [0.4, 0.5) is 8.78 Å². The van der Waals surface area contributed by atoms with Crippen molar-refractivity contribution in [3.63, 3.8) is 0 Å². The van der Waals surface area contributed by atoms with Gasteiger partial charge in [-0.2, -0.15) is 0 Å². The third kappa shape index (κ3) is 3.19. The molecule has 0 spiro atoms. The second-order valence-corrected chi connectivity index (χ2v) is 8.02. The van der Waals surface area contributed by atoms with Crippen LogP contribution in [-0.4, -0.2) is 27.5 Å². The van der Waals surface area contributed by atoms with E-state index in [4.69, 9.17) is 4.42 Å². The molecule has 0 N–H and O–H groups in total. The summed E-state index contributed by atoms with van der Waals surface area (Å²) in [5.74, 6) is -0.440. The van der Waals surface area contributed by atoms with Crippen molar-refractivity contribution in [2.75, 3.05) is 13.1 Å². The lowest BCUT2D eigenvalue weighted by atomic mass is 9.83. The summed E-state index contributed by atoms with van der Waals surface area (Å²) in [6, 6.07) is 9.47. The molecule has 2 aliphatic heterocycles. The van der Waals surface area contributed by atoms with Crippen molar-refractivity contribution in [3.05, 3.63) is 75.5 Å². The summed E-state index contributed by atoms with van der Waals surface area (Å²) in [6.45, 7) is 4.81. The molecule has 4 heterocycles. The van der Waals surface area contributed by atoms with E-state index in [0.29, 0.717) is 24.1 Å². The van der Waals surface area contributed by atoms with Crippen molar-refractivity contribution in [1.29, 1.82) is 0 Å². The fourth-order valence-electron chi connectivity index (χ4n) is 4.70. The summed E-state index contributed by atoms with van der Waals surface area (Å²) in [5, 5.41) is 0. The summed E-state index contributed by atoms with van der Waals surface area (Å²) in [5.41, 5.74) is 1.93. The molecule has 2 bridgehead atoms. The van der Waals surface area contributed by atoms with E-state index in [1.807, 2.05) is 16.7 Å². The van der Waals surface area contributed by atoms with E-state index in [9.17, 15) is 13.6 Å². The van der Waals surface area contributed by atoms with Crippen LogP contribution in [-0.2, 0) is 13.1 Å². The minimum Gasteiger partial charge on any atom is -0.441 e. The van der Waals surface area contributed by atoms with Crippen LogP contribution < -0.4 is 5.56 Å². The Bertz CT molecular complexity index is 1140. The van der Waals surface area contributed by atoms with Gasteiger partial charge in [0.1, 0.15) is 5.76 Å².